The van der Waals surface area contributed by atoms with Crippen molar-refractivity contribution in [2.45, 2.75) is 6.42 Å². The molecule has 0 saturated carbocycles. The van der Waals surface area contributed by atoms with Crippen LogP contribution in [0.3, 0.4) is 0 Å². The van der Waals surface area contributed by atoms with Gasteiger partial charge in [0.05, 0.1) is 11.4 Å². The Bertz CT molecular complexity index is 2430. The van der Waals surface area contributed by atoms with E-state index >= 15 is 0 Å². The minimum absolute atomic E-state index is 0.425. The van der Waals surface area contributed by atoms with E-state index in [-0.39, 0.29) is 0 Å². The molecule has 2 aliphatic rings. The summed E-state index contributed by atoms with van der Waals surface area (Å²) in [4.78, 5) is 9.17. The molecule has 1 unspecified atom stereocenters. The second kappa shape index (κ2) is 11.9. The number of pyridine rings is 2. The van der Waals surface area contributed by atoms with E-state index in [4.69, 9.17) is 0 Å². The molecule has 0 fully saturated rings. The molecule has 0 radical (unpaired) electrons. The summed E-state index contributed by atoms with van der Waals surface area (Å²) in [5.74, 6) is 0.425. The molecule has 0 amide bonds. The molecule has 2 nitrogen and oxygen atoms in total. The number of aromatic nitrogens is 2. The number of benzene rings is 5. The quantitative estimate of drug-likeness (QED) is 0.181. The fourth-order valence-electron chi connectivity index (χ4n) is 7.42. The Balaban J connectivity index is 1.29. The monoisotopic (exact) mass is 612 g/mol. The molecule has 2 heterocycles. The van der Waals surface area contributed by atoms with Crippen LogP contribution >= 0.6 is 0 Å². The van der Waals surface area contributed by atoms with Gasteiger partial charge in [0.1, 0.15) is 0 Å². The lowest BCUT2D eigenvalue weighted by Gasteiger charge is -2.24. The predicted octanol–water partition coefficient (Wildman–Crippen LogP) is 11.9. The van der Waals surface area contributed by atoms with Gasteiger partial charge in [-0.1, -0.05) is 134 Å². The van der Waals surface area contributed by atoms with E-state index in [1.807, 2.05) is 36.7 Å². The lowest BCUT2D eigenvalue weighted by molar-refractivity contribution is 0.784. The molecule has 2 aliphatic carbocycles. The summed E-state index contributed by atoms with van der Waals surface area (Å²) < 4.78 is 0. The Morgan fingerprint density at radius 1 is 0.458 bits per heavy atom. The van der Waals surface area contributed by atoms with Gasteiger partial charge in [-0.05, 0) is 97.3 Å². The zero-order valence-electron chi connectivity index (χ0n) is 26.4. The van der Waals surface area contributed by atoms with Crippen LogP contribution in [0.1, 0.15) is 12.0 Å². The second-order valence-electron chi connectivity index (χ2n) is 12.5. The lowest BCUT2D eigenvalue weighted by Crippen LogP contribution is -2.07. The van der Waals surface area contributed by atoms with Crippen LogP contribution in [-0.4, -0.2) is 9.97 Å². The first kappa shape index (κ1) is 28.1. The van der Waals surface area contributed by atoms with E-state index in [0.29, 0.717) is 5.92 Å². The number of fused-ring (bicyclic) bond motifs is 3. The van der Waals surface area contributed by atoms with E-state index in [1.165, 1.54) is 60.5 Å². The number of hydrogen-bond acceptors (Lipinski definition) is 2. The van der Waals surface area contributed by atoms with Crippen LogP contribution in [0.15, 0.2) is 182 Å². The van der Waals surface area contributed by atoms with Crippen LogP contribution in [0.2, 0.25) is 0 Å². The fourth-order valence-corrected chi connectivity index (χ4v) is 7.42. The number of allylic oxidation sites excluding steroid dienone is 8. The molecule has 226 valence electrons. The van der Waals surface area contributed by atoms with Crippen molar-refractivity contribution in [1.29, 1.82) is 0 Å². The Morgan fingerprint density at radius 2 is 1.00 bits per heavy atom. The van der Waals surface area contributed by atoms with Crippen molar-refractivity contribution in [3.63, 3.8) is 0 Å². The summed E-state index contributed by atoms with van der Waals surface area (Å²) in [6.45, 7) is 0. The zero-order valence-corrected chi connectivity index (χ0v) is 26.4. The Hall–Kier alpha value is -6.12. The molecule has 7 aromatic rings. The smallest absolute Gasteiger partial charge is 0.0701 e. The topological polar surface area (TPSA) is 25.8 Å². The summed E-state index contributed by atoms with van der Waals surface area (Å²) in [7, 11) is 0. The molecular weight excluding hydrogens is 581 g/mol. The van der Waals surface area contributed by atoms with Crippen LogP contribution in [-0.2, 0) is 0 Å². The van der Waals surface area contributed by atoms with Crippen molar-refractivity contribution in [2.24, 2.45) is 5.92 Å². The van der Waals surface area contributed by atoms with Gasteiger partial charge in [-0.15, -0.1) is 0 Å². The van der Waals surface area contributed by atoms with E-state index < -0.39 is 0 Å². The van der Waals surface area contributed by atoms with Gasteiger partial charge in [0, 0.05) is 29.4 Å². The highest BCUT2D eigenvalue weighted by molar-refractivity contribution is 6.22. The van der Waals surface area contributed by atoms with Gasteiger partial charge < -0.3 is 0 Å². The van der Waals surface area contributed by atoms with Crippen molar-refractivity contribution in [2.75, 3.05) is 0 Å². The highest BCUT2D eigenvalue weighted by Gasteiger charge is 2.21. The summed E-state index contributed by atoms with van der Waals surface area (Å²) in [5.41, 5.74) is 13.0. The van der Waals surface area contributed by atoms with Crippen LogP contribution in [0, 0.1) is 5.92 Å². The fraction of sp³-hybridized carbons (Fsp3) is 0.0435. The van der Waals surface area contributed by atoms with Gasteiger partial charge in [0.25, 0.3) is 0 Å². The van der Waals surface area contributed by atoms with Crippen LogP contribution < -0.4 is 0 Å². The molecule has 1 atom stereocenters. The predicted molar refractivity (Wildman–Crippen MR) is 201 cm³/mol. The molecule has 48 heavy (non-hydrogen) atoms. The molecular formula is C46H32N2. The summed E-state index contributed by atoms with van der Waals surface area (Å²) >= 11 is 0. The lowest BCUT2D eigenvalue weighted by atomic mass is 9.80. The molecule has 0 bridgehead atoms. The standard InChI is InChI=1S/C46H32N2/c1-2-12-37-31(10-1)11-9-15-38(37)36-26-27-41-42(30-36)46(35-24-20-33(21-25-35)44-17-6-8-29-48-44)40-14-4-3-13-39(40)45(41)34-22-18-32(19-23-34)43-16-5-7-28-47-43/h1-10,12-31H,11H2. The van der Waals surface area contributed by atoms with E-state index in [9.17, 15) is 0 Å². The van der Waals surface area contributed by atoms with Gasteiger partial charge in [-0.3, -0.25) is 9.97 Å². The maximum absolute atomic E-state index is 4.59. The molecule has 0 aliphatic heterocycles. The summed E-state index contributed by atoms with van der Waals surface area (Å²) in [5, 5.41) is 4.98. The zero-order chi connectivity index (χ0) is 31.9. The van der Waals surface area contributed by atoms with Crippen LogP contribution in [0.25, 0.3) is 71.9 Å². The Labute approximate surface area is 280 Å². The van der Waals surface area contributed by atoms with Crippen molar-refractivity contribution in [3.8, 4) is 44.8 Å². The Morgan fingerprint density at radius 3 is 1.60 bits per heavy atom. The molecule has 0 N–H and O–H groups in total. The van der Waals surface area contributed by atoms with Crippen molar-refractivity contribution < 1.29 is 0 Å². The molecule has 2 heteroatoms. The Kier molecular flexibility index (Phi) is 6.98. The van der Waals surface area contributed by atoms with Gasteiger partial charge >= 0.3 is 0 Å². The molecule has 5 aromatic carbocycles. The van der Waals surface area contributed by atoms with Crippen molar-refractivity contribution in [1.82, 2.24) is 9.97 Å². The summed E-state index contributed by atoms with van der Waals surface area (Å²) in [6, 6.07) is 45.9. The average molecular weight is 613 g/mol. The van der Waals surface area contributed by atoms with Gasteiger partial charge in [-0.2, -0.15) is 0 Å². The first-order valence-corrected chi connectivity index (χ1v) is 16.6. The van der Waals surface area contributed by atoms with Gasteiger partial charge in [-0.25, -0.2) is 0 Å². The number of hydrogen-bond donors (Lipinski definition) is 0. The third-order valence-electron chi connectivity index (χ3n) is 9.72. The van der Waals surface area contributed by atoms with Gasteiger partial charge in [0.2, 0.25) is 0 Å². The third kappa shape index (κ3) is 4.90. The largest absolute Gasteiger partial charge is 0.256 e. The van der Waals surface area contributed by atoms with E-state index in [0.717, 1.165) is 28.9 Å². The van der Waals surface area contributed by atoms with Crippen LogP contribution in [0.4, 0.5) is 0 Å². The minimum atomic E-state index is 0.425. The van der Waals surface area contributed by atoms with Crippen LogP contribution in [0.5, 0.6) is 0 Å². The van der Waals surface area contributed by atoms with E-state index in [2.05, 4.69) is 150 Å². The highest BCUT2D eigenvalue weighted by atomic mass is 14.7. The number of rotatable bonds is 5. The minimum Gasteiger partial charge on any atom is -0.256 e. The normalized spacial score (nSPS) is 15.3. The second-order valence-corrected chi connectivity index (χ2v) is 12.5. The maximum atomic E-state index is 4.59. The first-order chi connectivity index (χ1) is 23.8. The van der Waals surface area contributed by atoms with Crippen molar-refractivity contribution >= 4 is 27.1 Å². The maximum Gasteiger partial charge on any atom is 0.0701 e. The van der Waals surface area contributed by atoms with Crippen molar-refractivity contribution in [3.05, 3.63) is 187 Å². The average Bonchev–Trinajstić information content (AvgIpc) is 3.17. The molecule has 9 rings (SSSR count). The van der Waals surface area contributed by atoms with Gasteiger partial charge in [0.15, 0.2) is 0 Å². The molecule has 2 aromatic heterocycles. The third-order valence-corrected chi connectivity index (χ3v) is 9.72. The first-order valence-electron chi connectivity index (χ1n) is 16.6. The molecule has 0 saturated heterocycles. The molecule has 0 spiro atoms. The highest BCUT2D eigenvalue weighted by Crippen LogP contribution is 2.46. The number of nitrogens with zero attached hydrogens (tertiary/aromatic N) is 2. The summed E-state index contributed by atoms with van der Waals surface area (Å²) in [6.07, 6.45) is 18.3. The van der Waals surface area contributed by atoms with E-state index in [1.54, 1.807) is 0 Å². The SMILES string of the molecule is C1=CC2=C(c3ccc4c(-c5ccc(-c6ccccn6)cc5)c5ccccc5c(-c5ccc(-c6ccccn6)cc5)c4c3)C=CCC2C=C1.